The number of hydrogen-bond acceptors (Lipinski definition) is 7. The number of allylic oxidation sites excluding steroid dienone is 1. The quantitative estimate of drug-likeness (QED) is 0.302. The predicted molar refractivity (Wildman–Crippen MR) is 152 cm³/mol. The highest BCUT2D eigenvalue weighted by Crippen LogP contribution is 2.40. The van der Waals surface area contributed by atoms with Crippen LogP contribution in [0.15, 0.2) is 80.1 Å². The number of benzene rings is 3. The second-order valence-corrected chi connectivity index (χ2v) is 10.5. The first-order valence-electron chi connectivity index (χ1n) is 12.0. The van der Waals surface area contributed by atoms with E-state index >= 15 is 0 Å². The molecule has 194 valence electrons. The Kier molecular flexibility index (Phi) is 7.23. The van der Waals surface area contributed by atoms with E-state index in [9.17, 15) is 9.59 Å². The average Bonchev–Trinajstić information content (AvgIpc) is 3.21. The summed E-state index contributed by atoms with van der Waals surface area (Å²) in [6, 6.07) is 16.5. The fraction of sp³-hybridized carbons (Fsp3) is 0.207. The zero-order valence-electron chi connectivity index (χ0n) is 21.3. The number of carbonyl (C=O) groups excluding carboxylic acids is 1. The third-order valence-electron chi connectivity index (χ3n) is 6.41. The van der Waals surface area contributed by atoms with Crippen molar-refractivity contribution >= 4 is 50.1 Å². The second-order valence-electron chi connectivity index (χ2n) is 8.60. The number of halogens is 1. The smallest absolute Gasteiger partial charge is 0.338 e. The minimum Gasteiger partial charge on any atom is -0.496 e. The summed E-state index contributed by atoms with van der Waals surface area (Å²) >= 11 is 4.78. The van der Waals surface area contributed by atoms with Crippen LogP contribution in [-0.4, -0.2) is 31.4 Å². The maximum absolute atomic E-state index is 14.0. The Labute approximate surface area is 231 Å². The molecule has 38 heavy (non-hydrogen) atoms. The Bertz CT molecular complexity index is 1790. The van der Waals surface area contributed by atoms with Crippen LogP contribution >= 0.6 is 27.3 Å². The van der Waals surface area contributed by atoms with Crippen molar-refractivity contribution in [1.29, 1.82) is 0 Å². The molecule has 0 amide bonds. The summed E-state index contributed by atoms with van der Waals surface area (Å²) in [5, 5.41) is 1.84. The number of hydrogen-bond donors (Lipinski definition) is 0. The van der Waals surface area contributed by atoms with Crippen LogP contribution in [0.2, 0.25) is 0 Å². The van der Waals surface area contributed by atoms with E-state index in [0.29, 0.717) is 37.7 Å². The minimum absolute atomic E-state index is 0.200. The topological polar surface area (TPSA) is 79.1 Å². The summed E-state index contributed by atoms with van der Waals surface area (Å²) in [5.41, 5.74) is 2.09. The fourth-order valence-corrected chi connectivity index (χ4v) is 6.33. The lowest BCUT2D eigenvalue weighted by Gasteiger charge is -2.27. The highest BCUT2D eigenvalue weighted by Gasteiger charge is 2.36. The zero-order valence-corrected chi connectivity index (χ0v) is 23.7. The summed E-state index contributed by atoms with van der Waals surface area (Å²) < 4.78 is 19.4. The molecule has 3 aromatic carbocycles. The van der Waals surface area contributed by atoms with Gasteiger partial charge in [0, 0.05) is 5.56 Å². The first-order valence-corrected chi connectivity index (χ1v) is 13.6. The Hall–Kier alpha value is -3.69. The average molecular weight is 593 g/mol. The predicted octanol–water partition coefficient (Wildman–Crippen LogP) is 4.73. The van der Waals surface area contributed by atoms with Crippen LogP contribution in [0.5, 0.6) is 11.5 Å². The van der Waals surface area contributed by atoms with Gasteiger partial charge in [0.15, 0.2) is 4.80 Å². The Morgan fingerprint density at radius 1 is 1.11 bits per heavy atom. The van der Waals surface area contributed by atoms with E-state index in [4.69, 9.17) is 14.2 Å². The van der Waals surface area contributed by atoms with Gasteiger partial charge in [-0.3, -0.25) is 9.36 Å². The molecule has 0 spiro atoms. The van der Waals surface area contributed by atoms with Gasteiger partial charge in [0.05, 0.1) is 41.1 Å². The number of nitrogens with zero attached hydrogens (tertiary/aromatic N) is 2. The zero-order chi connectivity index (χ0) is 27.0. The van der Waals surface area contributed by atoms with Crippen molar-refractivity contribution in [3.63, 3.8) is 0 Å². The maximum atomic E-state index is 14.0. The molecule has 0 bridgehead atoms. The molecule has 5 rings (SSSR count). The van der Waals surface area contributed by atoms with E-state index in [1.165, 1.54) is 11.3 Å². The minimum atomic E-state index is -0.781. The van der Waals surface area contributed by atoms with E-state index in [0.717, 1.165) is 20.8 Å². The molecule has 4 aromatic rings. The molecule has 1 aromatic heterocycles. The number of esters is 1. The van der Waals surface area contributed by atoms with Gasteiger partial charge in [-0.2, -0.15) is 0 Å². The standard InChI is InChI=1S/C29H25BrN2O5S/c1-5-37-28(34)24-16(2)31-29-32(26(24)25-19-9-7-6-8-18(19)11-13-22(25)36-4)27(33)23(38-29)15-17-10-12-21(35-3)20(30)14-17/h6-15,26H,5H2,1-4H3/b23-15-/t26-/m1/s1. The summed E-state index contributed by atoms with van der Waals surface area (Å²) in [7, 11) is 3.18. The molecular formula is C29H25BrN2O5S. The fourth-order valence-electron chi connectivity index (χ4n) is 4.72. The van der Waals surface area contributed by atoms with Crippen molar-refractivity contribution in [3.8, 4) is 11.5 Å². The molecule has 1 aliphatic heterocycles. The Morgan fingerprint density at radius 2 is 1.84 bits per heavy atom. The highest BCUT2D eigenvalue weighted by molar-refractivity contribution is 9.10. The first-order chi connectivity index (χ1) is 18.4. The lowest BCUT2D eigenvalue weighted by molar-refractivity contribution is -0.139. The molecule has 0 saturated carbocycles. The Balaban J connectivity index is 1.82. The van der Waals surface area contributed by atoms with Gasteiger partial charge in [0.25, 0.3) is 5.56 Å². The lowest BCUT2D eigenvalue weighted by Crippen LogP contribution is -2.40. The summed E-state index contributed by atoms with van der Waals surface area (Å²) in [4.78, 5) is 32.5. The van der Waals surface area contributed by atoms with Gasteiger partial charge in [-0.1, -0.05) is 47.7 Å². The number of ether oxygens (including phenoxy) is 3. The van der Waals surface area contributed by atoms with Crippen molar-refractivity contribution in [3.05, 3.63) is 101 Å². The molecule has 0 saturated heterocycles. The molecule has 0 unspecified atom stereocenters. The second kappa shape index (κ2) is 10.6. The largest absolute Gasteiger partial charge is 0.496 e. The van der Waals surface area contributed by atoms with Crippen LogP contribution in [0.1, 0.15) is 31.0 Å². The Morgan fingerprint density at radius 3 is 2.55 bits per heavy atom. The van der Waals surface area contributed by atoms with Gasteiger partial charge >= 0.3 is 5.97 Å². The normalized spacial score (nSPS) is 15.3. The van der Waals surface area contributed by atoms with E-state index in [1.54, 1.807) is 32.6 Å². The molecule has 9 heteroatoms. The van der Waals surface area contributed by atoms with Gasteiger partial charge in [-0.05, 0) is 70.4 Å². The van der Waals surface area contributed by atoms with Crippen LogP contribution in [0.3, 0.4) is 0 Å². The van der Waals surface area contributed by atoms with Gasteiger partial charge in [-0.15, -0.1) is 0 Å². The third kappa shape index (κ3) is 4.46. The number of aromatic nitrogens is 1. The van der Waals surface area contributed by atoms with Crippen molar-refractivity contribution in [2.75, 3.05) is 20.8 Å². The third-order valence-corrected chi connectivity index (χ3v) is 8.02. The summed E-state index contributed by atoms with van der Waals surface area (Å²) in [5.74, 6) is 0.752. The molecule has 7 nitrogen and oxygen atoms in total. The first kappa shape index (κ1) is 25.9. The van der Waals surface area contributed by atoms with Crippen LogP contribution in [0, 0.1) is 0 Å². The van der Waals surface area contributed by atoms with Gasteiger partial charge in [0.2, 0.25) is 0 Å². The monoisotopic (exact) mass is 592 g/mol. The lowest BCUT2D eigenvalue weighted by atomic mass is 9.90. The van der Waals surface area contributed by atoms with Gasteiger partial charge in [0.1, 0.15) is 17.5 Å². The SMILES string of the molecule is CCOC(=O)C1=C(C)N=c2s/c(=C\c3ccc(OC)c(Br)c3)c(=O)n2[C@H]1c1c(OC)ccc2ccccc12. The number of methoxy groups -OCH3 is 2. The van der Waals surface area contributed by atoms with Crippen molar-refractivity contribution in [2.45, 2.75) is 19.9 Å². The van der Waals surface area contributed by atoms with Gasteiger partial charge < -0.3 is 14.2 Å². The number of fused-ring (bicyclic) bond motifs is 2. The van der Waals surface area contributed by atoms with Crippen molar-refractivity contribution in [1.82, 2.24) is 4.57 Å². The molecule has 0 radical (unpaired) electrons. The van der Waals surface area contributed by atoms with E-state index in [1.807, 2.05) is 60.7 Å². The molecule has 2 heterocycles. The van der Waals surface area contributed by atoms with Crippen LogP contribution in [-0.2, 0) is 9.53 Å². The van der Waals surface area contributed by atoms with Crippen molar-refractivity contribution in [2.24, 2.45) is 4.99 Å². The molecule has 0 aliphatic carbocycles. The molecule has 1 atom stereocenters. The van der Waals surface area contributed by atoms with E-state index < -0.39 is 12.0 Å². The van der Waals surface area contributed by atoms with Gasteiger partial charge in [-0.25, -0.2) is 9.79 Å². The molecule has 0 fully saturated rings. The molecular weight excluding hydrogens is 568 g/mol. The number of thiazole rings is 1. The number of carbonyl (C=O) groups is 1. The summed E-state index contributed by atoms with van der Waals surface area (Å²) in [6.45, 7) is 3.73. The highest BCUT2D eigenvalue weighted by atomic mass is 79.9. The molecule has 0 N–H and O–H groups in total. The van der Waals surface area contributed by atoms with Crippen LogP contribution < -0.4 is 24.4 Å². The molecule has 1 aliphatic rings. The van der Waals surface area contributed by atoms with E-state index in [-0.39, 0.29) is 12.2 Å². The number of rotatable bonds is 6. The summed E-state index contributed by atoms with van der Waals surface area (Å²) in [6.07, 6.45) is 1.81. The van der Waals surface area contributed by atoms with Crippen LogP contribution in [0.25, 0.3) is 16.8 Å². The maximum Gasteiger partial charge on any atom is 0.338 e. The van der Waals surface area contributed by atoms with E-state index in [2.05, 4.69) is 20.9 Å². The van der Waals surface area contributed by atoms with Crippen LogP contribution in [0.4, 0.5) is 0 Å². The van der Waals surface area contributed by atoms with Crippen molar-refractivity contribution < 1.29 is 19.0 Å².